The number of halogens is 2. The number of hydrogen-bond acceptors (Lipinski definition) is 6. The lowest BCUT2D eigenvalue weighted by Gasteiger charge is -2.39. The fourth-order valence-corrected chi connectivity index (χ4v) is 2.64. The van der Waals surface area contributed by atoms with Crippen molar-refractivity contribution >= 4 is 34.5 Å². The molecule has 2 aromatic heterocycles. The molecule has 0 aliphatic carbocycles. The highest BCUT2D eigenvalue weighted by atomic mass is 127. The summed E-state index contributed by atoms with van der Waals surface area (Å²) in [4.78, 5) is 21.0. The van der Waals surface area contributed by atoms with Crippen molar-refractivity contribution in [2.45, 2.75) is 13.0 Å². The summed E-state index contributed by atoms with van der Waals surface area (Å²) in [6.07, 6.45) is 6.01. The van der Waals surface area contributed by atoms with E-state index in [1.54, 1.807) is 0 Å². The van der Waals surface area contributed by atoms with Crippen LogP contribution in [0.25, 0.3) is 0 Å². The van der Waals surface area contributed by atoms with Crippen molar-refractivity contribution in [2.75, 3.05) is 29.4 Å². The highest BCUT2D eigenvalue weighted by Gasteiger charge is 2.26. The molecule has 0 N–H and O–H groups in total. The Bertz CT molecular complexity index is 605. The first-order valence-corrected chi connectivity index (χ1v) is 7.68. The molecule has 21 heavy (non-hydrogen) atoms. The molecule has 3 heterocycles. The molecule has 3 rings (SSSR count). The molecule has 110 valence electrons. The quantitative estimate of drug-likeness (QED) is 0.716. The van der Waals surface area contributed by atoms with Crippen LogP contribution in [0.5, 0.6) is 0 Å². The van der Waals surface area contributed by atoms with Crippen LogP contribution in [0.3, 0.4) is 0 Å². The topological polar surface area (TPSA) is 58.0 Å². The summed E-state index contributed by atoms with van der Waals surface area (Å²) in [5, 5.41) is 0. The monoisotopic (exact) mass is 400 g/mol. The van der Waals surface area contributed by atoms with Gasteiger partial charge < -0.3 is 9.80 Å². The SMILES string of the molecule is C[C@@H]1CN(c2ncc(I)cn2)CCN1c1ncc(F)cn1. The third kappa shape index (κ3) is 3.20. The second-order valence-electron chi connectivity index (χ2n) is 4.89. The molecule has 1 aliphatic rings. The van der Waals surface area contributed by atoms with Crippen molar-refractivity contribution in [2.24, 2.45) is 0 Å². The lowest BCUT2D eigenvalue weighted by molar-refractivity contribution is 0.530. The maximum absolute atomic E-state index is 12.9. The number of rotatable bonds is 2. The van der Waals surface area contributed by atoms with E-state index in [0.29, 0.717) is 5.95 Å². The van der Waals surface area contributed by atoms with Crippen molar-refractivity contribution in [3.05, 3.63) is 34.2 Å². The smallest absolute Gasteiger partial charge is 0.225 e. The maximum atomic E-state index is 12.9. The van der Waals surface area contributed by atoms with E-state index >= 15 is 0 Å². The third-order valence-electron chi connectivity index (χ3n) is 3.38. The molecule has 0 aromatic carbocycles. The van der Waals surface area contributed by atoms with Gasteiger partial charge in [0.1, 0.15) is 0 Å². The molecule has 6 nitrogen and oxygen atoms in total. The minimum Gasteiger partial charge on any atom is -0.337 e. The summed E-state index contributed by atoms with van der Waals surface area (Å²) in [5.41, 5.74) is 0. The number of aromatic nitrogens is 4. The number of piperazine rings is 1. The predicted molar refractivity (Wildman–Crippen MR) is 85.8 cm³/mol. The summed E-state index contributed by atoms with van der Waals surface area (Å²) < 4.78 is 13.9. The van der Waals surface area contributed by atoms with Crippen LogP contribution in [0.1, 0.15) is 6.92 Å². The number of hydrogen-bond donors (Lipinski definition) is 0. The van der Waals surface area contributed by atoms with E-state index in [1.807, 2.05) is 12.4 Å². The van der Waals surface area contributed by atoms with Gasteiger partial charge >= 0.3 is 0 Å². The molecule has 1 saturated heterocycles. The Balaban J connectivity index is 1.72. The van der Waals surface area contributed by atoms with Gasteiger partial charge in [0.25, 0.3) is 0 Å². The van der Waals surface area contributed by atoms with Crippen LogP contribution in [-0.2, 0) is 0 Å². The second kappa shape index (κ2) is 6.04. The van der Waals surface area contributed by atoms with Gasteiger partial charge in [0.15, 0.2) is 5.82 Å². The zero-order valence-corrected chi connectivity index (χ0v) is 13.6. The molecule has 0 saturated carbocycles. The van der Waals surface area contributed by atoms with Gasteiger partial charge in [-0.2, -0.15) is 0 Å². The van der Waals surface area contributed by atoms with E-state index in [2.05, 4.69) is 59.3 Å². The number of nitrogens with zero attached hydrogens (tertiary/aromatic N) is 6. The van der Waals surface area contributed by atoms with E-state index in [0.717, 1.165) is 29.2 Å². The Labute approximate surface area is 135 Å². The van der Waals surface area contributed by atoms with Gasteiger partial charge in [-0.25, -0.2) is 24.3 Å². The van der Waals surface area contributed by atoms with Gasteiger partial charge in [0.05, 0.1) is 12.4 Å². The molecular formula is C13H14FIN6. The highest BCUT2D eigenvalue weighted by Crippen LogP contribution is 2.19. The largest absolute Gasteiger partial charge is 0.337 e. The molecule has 1 atom stereocenters. The molecule has 0 bridgehead atoms. The molecule has 1 fully saturated rings. The maximum Gasteiger partial charge on any atom is 0.225 e. The summed E-state index contributed by atoms with van der Waals surface area (Å²) in [6.45, 7) is 4.40. The molecular weight excluding hydrogens is 386 g/mol. The van der Waals surface area contributed by atoms with Crippen molar-refractivity contribution < 1.29 is 4.39 Å². The van der Waals surface area contributed by atoms with Crippen molar-refractivity contribution in [3.8, 4) is 0 Å². The van der Waals surface area contributed by atoms with E-state index in [4.69, 9.17) is 0 Å². The zero-order chi connectivity index (χ0) is 14.8. The Morgan fingerprint density at radius 2 is 1.67 bits per heavy atom. The highest BCUT2D eigenvalue weighted by molar-refractivity contribution is 14.1. The number of anilines is 2. The lowest BCUT2D eigenvalue weighted by atomic mass is 10.2. The normalized spacial score (nSPS) is 18.9. The zero-order valence-electron chi connectivity index (χ0n) is 11.4. The molecule has 1 aliphatic heterocycles. The Kier molecular flexibility index (Phi) is 4.13. The van der Waals surface area contributed by atoms with Crippen molar-refractivity contribution in [3.63, 3.8) is 0 Å². The summed E-state index contributed by atoms with van der Waals surface area (Å²) in [5.74, 6) is 0.881. The van der Waals surface area contributed by atoms with Gasteiger partial charge in [0.2, 0.25) is 11.9 Å². The fraction of sp³-hybridized carbons (Fsp3) is 0.385. The van der Waals surface area contributed by atoms with Crippen LogP contribution in [0.2, 0.25) is 0 Å². The molecule has 8 heteroatoms. The lowest BCUT2D eigenvalue weighted by Crippen LogP contribution is -2.53. The first-order chi connectivity index (χ1) is 10.1. The summed E-state index contributed by atoms with van der Waals surface area (Å²) in [6, 6.07) is 0.201. The molecule has 2 aromatic rings. The first kappa shape index (κ1) is 14.4. The Hall–Kier alpha value is -1.58. The van der Waals surface area contributed by atoms with E-state index < -0.39 is 5.82 Å². The fourth-order valence-electron chi connectivity index (χ4n) is 2.36. The third-order valence-corrected chi connectivity index (χ3v) is 3.94. The average Bonchev–Trinajstić information content (AvgIpc) is 2.49. The molecule has 0 spiro atoms. The molecule has 0 radical (unpaired) electrons. The second-order valence-corrected chi connectivity index (χ2v) is 6.14. The van der Waals surface area contributed by atoms with Crippen molar-refractivity contribution in [1.82, 2.24) is 19.9 Å². The van der Waals surface area contributed by atoms with Gasteiger partial charge in [0, 0.05) is 41.6 Å². The summed E-state index contributed by atoms with van der Waals surface area (Å²) in [7, 11) is 0. The van der Waals surface area contributed by atoms with Crippen LogP contribution < -0.4 is 9.80 Å². The molecule has 0 amide bonds. The van der Waals surface area contributed by atoms with Gasteiger partial charge in [-0.05, 0) is 29.5 Å². The van der Waals surface area contributed by atoms with E-state index in [1.165, 1.54) is 12.4 Å². The Morgan fingerprint density at radius 3 is 2.29 bits per heavy atom. The van der Waals surface area contributed by atoms with E-state index in [9.17, 15) is 4.39 Å². The van der Waals surface area contributed by atoms with E-state index in [-0.39, 0.29) is 6.04 Å². The van der Waals surface area contributed by atoms with Gasteiger partial charge in [-0.15, -0.1) is 0 Å². The molecule has 0 unspecified atom stereocenters. The van der Waals surface area contributed by atoms with Crippen LogP contribution in [0.4, 0.5) is 16.3 Å². The minimum absolute atomic E-state index is 0.201. The summed E-state index contributed by atoms with van der Waals surface area (Å²) >= 11 is 2.19. The standard InChI is InChI=1S/C13H14FIN6/c1-9-8-20(12-18-6-11(15)7-19-12)2-3-21(9)13-16-4-10(14)5-17-13/h4-7,9H,2-3,8H2,1H3/t9-/m1/s1. The van der Waals surface area contributed by atoms with Crippen LogP contribution in [0.15, 0.2) is 24.8 Å². The van der Waals surface area contributed by atoms with Crippen LogP contribution in [0, 0.1) is 9.39 Å². The van der Waals surface area contributed by atoms with Crippen molar-refractivity contribution in [1.29, 1.82) is 0 Å². The first-order valence-electron chi connectivity index (χ1n) is 6.60. The van der Waals surface area contributed by atoms with Gasteiger partial charge in [-0.3, -0.25) is 0 Å². The van der Waals surface area contributed by atoms with Gasteiger partial charge in [-0.1, -0.05) is 0 Å². The minimum atomic E-state index is -0.419. The van der Waals surface area contributed by atoms with Crippen LogP contribution in [-0.4, -0.2) is 45.6 Å². The Morgan fingerprint density at radius 1 is 1.05 bits per heavy atom. The van der Waals surface area contributed by atoms with Crippen LogP contribution >= 0.6 is 22.6 Å². The average molecular weight is 400 g/mol. The predicted octanol–water partition coefficient (Wildman–Crippen LogP) is 1.73.